The van der Waals surface area contributed by atoms with Gasteiger partial charge in [0.05, 0.1) is 11.3 Å². The van der Waals surface area contributed by atoms with Crippen molar-refractivity contribution >= 4 is 5.82 Å². The first-order valence-electron chi connectivity index (χ1n) is 8.09. The lowest BCUT2D eigenvalue weighted by atomic mass is 10.2. The first kappa shape index (κ1) is 14.7. The molecule has 0 aromatic carbocycles. The van der Waals surface area contributed by atoms with E-state index in [0.717, 1.165) is 42.2 Å². The molecule has 1 saturated carbocycles. The average molecular weight is 322 g/mol. The average Bonchev–Trinajstić information content (AvgIpc) is 3.34. The van der Waals surface area contributed by atoms with Gasteiger partial charge >= 0.3 is 0 Å². The SMILES string of the molecule is C[C@@H](Cc1cnccn1)Nc1ccc(-c2nc(C3CC3)no2)cn1. The summed E-state index contributed by atoms with van der Waals surface area (Å²) in [5, 5.41) is 7.39. The summed E-state index contributed by atoms with van der Waals surface area (Å²) in [6.07, 6.45) is 10.0. The smallest absolute Gasteiger partial charge is 0.259 e. The minimum absolute atomic E-state index is 0.199. The molecule has 0 saturated heterocycles. The molecule has 0 bridgehead atoms. The minimum Gasteiger partial charge on any atom is -0.367 e. The Labute approximate surface area is 139 Å². The number of aromatic nitrogens is 5. The molecule has 1 N–H and O–H groups in total. The van der Waals surface area contributed by atoms with E-state index in [2.05, 4.69) is 37.3 Å². The lowest BCUT2D eigenvalue weighted by molar-refractivity contribution is 0.422. The number of rotatable bonds is 6. The minimum atomic E-state index is 0.199. The van der Waals surface area contributed by atoms with Gasteiger partial charge in [-0.05, 0) is 31.9 Å². The lowest BCUT2D eigenvalue weighted by Gasteiger charge is -2.13. The van der Waals surface area contributed by atoms with Crippen LogP contribution < -0.4 is 5.32 Å². The van der Waals surface area contributed by atoms with E-state index in [1.807, 2.05) is 12.1 Å². The maximum absolute atomic E-state index is 5.32. The van der Waals surface area contributed by atoms with Gasteiger partial charge in [-0.1, -0.05) is 5.16 Å². The van der Waals surface area contributed by atoms with Gasteiger partial charge in [-0.2, -0.15) is 4.98 Å². The summed E-state index contributed by atoms with van der Waals surface area (Å²) in [5.74, 6) is 2.63. The number of anilines is 1. The molecular formula is C17H18N6O. The largest absolute Gasteiger partial charge is 0.367 e. The molecule has 7 nitrogen and oxygen atoms in total. The molecule has 3 aromatic rings. The fourth-order valence-corrected chi connectivity index (χ4v) is 2.52. The Bertz CT molecular complexity index is 797. The topological polar surface area (TPSA) is 89.6 Å². The van der Waals surface area contributed by atoms with Crippen LogP contribution in [0.25, 0.3) is 11.5 Å². The predicted octanol–water partition coefficient (Wildman–Crippen LogP) is 2.84. The Hall–Kier alpha value is -2.83. The molecule has 1 aliphatic rings. The van der Waals surface area contributed by atoms with Gasteiger partial charge in [-0.15, -0.1) is 0 Å². The van der Waals surface area contributed by atoms with Crippen LogP contribution in [0.5, 0.6) is 0 Å². The van der Waals surface area contributed by atoms with E-state index in [0.29, 0.717) is 11.8 Å². The van der Waals surface area contributed by atoms with Gasteiger partial charge in [-0.25, -0.2) is 4.98 Å². The molecule has 3 heterocycles. The highest BCUT2D eigenvalue weighted by Gasteiger charge is 2.29. The first-order chi connectivity index (χ1) is 11.8. The Morgan fingerprint density at radius 2 is 2.12 bits per heavy atom. The summed E-state index contributed by atoms with van der Waals surface area (Å²) in [6, 6.07) is 4.06. The van der Waals surface area contributed by atoms with E-state index in [1.54, 1.807) is 24.8 Å². The lowest BCUT2D eigenvalue weighted by Crippen LogP contribution is -2.19. The molecule has 0 aliphatic heterocycles. The van der Waals surface area contributed by atoms with Gasteiger partial charge in [0.15, 0.2) is 5.82 Å². The molecule has 122 valence electrons. The zero-order valence-corrected chi connectivity index (χ0v) is 13.4. The van der Waals surface area contributed by atoms with E-state index in [1.165, 1.54) is 0 Å². The fraction of sp³-hybridized carbons (Fsp3) is 0.353. The Balaban J connectivity index is 1.39. The second-order valence-electron chi connectivity index (χ2n) is 6.11. The molecule has 1 atom stereocenters. The summed E-state index contributed by atoms with van der Waals surface area (Å²) < 4.78 is 5.32. The number of hydrogen-bond donors (Lipinski definition) is 1. The van der Waals surface area contributed by atoms with Gasteiger partial charge in [0.25, 0.3) is 5.89 Å². The Morgan fingerprint density at radius 1 is 1.21 bits per heavy atom. The van der Waals surface area contributed by atoms with Crippen LogP contribution in [0.3, 0.4) is 0 Å². The van der Waals surface area contributed by atoms with Gasteiger partial charge in [0.2, 0.25) is 0 Å². The molecule has 0 spiro atoms. The van der Waals surface area contributed by atoms with Crippen LogP contribution in [0.4, 0.5) is 5.82 Å². The van der Waals surface area contributed by atoms with Crippen LogP contribution in [0.1, 0.15) is 37.2 Å². The third-order valence-corrected chi connectivity index (χ3v) is 3.92. The number of hydrogen-bond acceptors (Lipinski definition) is 7. The van der Waals surface area contributed by atoms with Crippen molar-refractivity contribution in [2.24, 2.45) is 0 Å². The van der Waals surface area contributed by atoms with Gasteiger partial charge in [0, 0.05) is 43.2 Å². The molecule has 0 radical (unpaired) electrons. The van der Waals surface area contributed by atoms with E-state index in [4.69, 9.17) is 4.52 Å². The van der Waals surface area contributed by atoms with Crippen molar-refractivity contribution in [3.05, 3.63) is 48.4 Å². The van der Waals surface area contributed by atoms with Crippen molar-refractivity contribution in [2.75, 3.05) is 5.32 Å². The normalized spacial score (nSPS) is 15.2. The second-order valence-corrected chi connectivity index (χ2v) is 6.11. The van der Waals surface area contributed by atoms with Gasteiger partial charge in [0.1, 0.15) is 5.82 Å². The first-order valence-corrected chi connectivity index (χ1v) is 8.09. The highest BCUT2D eigenvalue weighted by molar-refractivity contribution is 5.54. The van der Waals surface area contributed by atoms with E-state index in [-0.39, 0.29) is 6.04 Å². The third-order valence-electron chi connectivity index (χ3n) is 3.92. The molecule has 0 amide bonds. The van der Waals surface area contributed by atoms with Crippen LogP contribution in [0.15, 0.2) is 41.4 Å². The van der Waals surface area contributed by atoms with E-state index < -0.39 is 0 Å². The van der Waals surface area contributed by atoms with E-state index in [9.17, 15) is 0 Å². The third kappa shape index (κ3) is 3.40. The predicted molar refractivity (Wildman–Crippen MR) is 88.3 cm³/mol. The molecule has 1 aliphatic carbocycles. The van der Waals surface area contributed by atoms with Crippen molar-refractivity contribution in [3.8, 4) is 11.5 Å². The summed E-state index contributed by atoms with van der Waals surface area (Å²) in [5.41, 5.74) is 1.79. The van der Waals surface area contributed by atoms with Crippen molar-refractivity contribution < 1.29 is 4.52 Å². The Kier molecular flexibility index (Phi) is 3.90. The highest BCUT2D eigenvalue weighted by Crippen LogP contribution is 2.38. The Morgan fingerprint density at radius 3 is 2.83 bits per heavy atom. The van der Waals surface area contributed by atoms with Crippen molar-refractivity contribution in [2.45, 2.75) is 38.1 Å². The molecular weight excluding hydrogens is 304 g/mol. The number of pyridine rings is 1. The van der Waals surface area contributed by atoms with Crippen LogP contribution in [-0.2, 0) is 6.42 Å². The van der Waals surface area contributed by atoms with Crippen LogP contribution in [-0.4, -0.2) is 31.1 Å². The summed E-state index contributed by atoms with van der Waals surface area (Å²) in [6.45, 7) is 2.09. The molecule has 3 aromatic heterocycles. The zero-order valence-electron chi connectivity index (χ0n) is 13.4. The van der Waals surface area contributed by atoms with Crippen molar-refractivity contribution in [1.82, 2.24) is 25.1 Å². The number of nitrogens with zero attached hydrogens (tertiary/aromatic N) is 5. The maximum Gasteiger partial charge on any atom is 0.259 e. The van der Waals surface area contributed by atoms with Crippen LogP contribution >= 0.6 is 0 Å². The molecule has 4 rings (SSSR count). The standard InChI is InChI=1S/C17H18N6O/c1-11(8-14-10-18-6-7-19-14)21-15-5-4-13(9-20-15)17-22-16(23-24-17)12-2-3-12/h4-7,9-12H,2-3,8H2,1H3,(H,20,21)/t11-/m0/s1. The van der Waals surface area contributed by atoms with E-state index >= 15 is 0 Å². The van der Waals surface area contributed by atoms with Crippen LogP contribution in [0.2, 0.25) is 0 Å². The zero-order chi connectivity index (χ0) is 16.4. The number of nitrogens with one attached hydrogen (secondary N) is 1. The van der Waals surface area contributed by atoms with Gasteiger partial charge < -0.3 is 9.84 Å². The molecule has 7 heteroatoms. The van der Waals surface area contributed by atoms with Crippen molar-refractivity contribution in [3.63, 3.8) is 0 Å². The van der Waals surface area contributed by atoms with Crippen molar-refractivity contribution in [1.29, 1.82) is 0 Å². The monoisotopic (exact) mass is 322 g/mol. The van der Waals surface area contributed by atoms with Crippen LogP contribution in [0, 0.1) is 0 Å². The van der Waals surface area contributed by atoms with Gasteiger partial charge in [-0.3, -0.25) is 9.97 Å². The summed E-state index contributed by atoms with van der Waals surface area (Å²) in [4.78, 5) is 17.2. The summed E-state index contributed by atoms with van der Waals surface area (Å²) in [7, 11) is 0. The maximum atomic E-state index is 5.32. The second kappa shape index (κ2) is 6.35. The molecule has 1 fully saturated rings. The molecule has 0 unspecified atom stereocenters. The molecule has 24 heavy (non-hydrogen) atoms. The summed E-state index contributed by atoms with van der Waals surface area (Å²) >= 11 is 0. The highest BCUT2D eigenvalue weighted by atomic mass is 16.5. The fourth-order valence-electron chi connectivity index (χ4n) is 2.52. The quantitative estimate of drug-likeness (QED) is 0.746.